The lowest BCUT2D eigenvalue weighted by molar-refractivity contribution is -0.202. The number of benzene rings is 6. The van der Waals surface area contributed by atoms with Crippen LogP contribution in [0.15, 0.2) is 36.4 Å². The normalized spacial score (nSPS) is 11.5. The summed E-state index contributed by atoms with van der Waals surface area (Å²) in [6.07, 6.45) is 0. The Morgan fingerprint density at radius 2 is 0.527 bits per heavy atom. The maximum Gasteiger partial charge on any atom is 0.413 e. The number of rotatable bonds is 6. The highest BCUT2D eigenvalue weighted by Gasteiger charge is 2.30. The molecule has 0 fully saturated rings. The van der Waals surface area contributed by atoms with Gasteiger partial charge in [-0.3, -0.25) is 0 Å². The van der Waals surface area contributed by atoms with Crippen molar-refractivity contribution in [2.75, 3.05) is 0 Å². The molecule has 6 aromatic rings. The van der Waals surface area contributed by atoms with Crippen LogP contribution in [0.4, 0.5) is 0 Å². The van der Waals surface area contributed by atoms with E-state index in [1.807, 2.05) is 83.1 Å². The Kier molecular flexibility index (Phi) is 9.80. The lowest BCUT2D eigenvalue weighted by Crippen LogP contribution is -2.30. The molecule has 0 heterocycles. The van der Waals surface area contributed by atoms with Gasteiger partial charge in [0.2, 0.25) is 0 Å². The second kappa shape index (κ2) is 14.0. The van der Waals surface area contributed by atoms with Gasteiger partial charge in [0.25, 0.3) is 0 Å². The predicted octanol–water partition coefficient (Wildman–Crippen LogP) is 10.1. The van der Waals surface area contributed by atoms with Gasteiger partial charge in [0.1, 0.15) is 33.9 Å². The zero-order valence-corrected chi connectivity index (χ0v) is 33.3. The van der Waals surface area contributed by atoms with Gasteiger partial charge in [-0.25, -0.2) is 14.4 Å². The fourth-order valence-corrected chi connectivity index (χ4v) is 7.54. The van der Waals surface area contributed by atoms with Crippen molar-refractivity contribution in [2.24, 2.45) is 0 Å². The molecule has 0 saturated heterocycles. The molecule has 9 heteroatoms. The first kappa shape index (κ1) is 38.6. The van der Waals surface area contributed by atoms with Crippen LogP contribution in [0.5, 0.6) is 17.2 Å². The van der Waals surface area contributed by atoms with Crippen molar-refractivity contribution >= 4 is 50.2 Å². The Balaban J connectivity index is 1.42. The molecule has 0 aliphatic heterocycles. The summed E-state index contributed by atoms with van der Waals surface area (Å²) >= 11 is 0. The van der Waals surface area contributed by atoms with Gasteiger partial charge in [-0.1, -0.05) is 0 Å². The molecule has 3 N–H and O–H groups in total. The van der Waals surface area contributed by atoms with E-state index in [0.717, 1.165) is 82.9 Å². The summed E-state index contributed by atoms with van der Waals surface area (Å²) in [5.41, 5.74) is 10.9. The van der Waals surface area contributed by atoms with Crippen molar-refractivity contribution < 1.29 is 43.9 Å². The molecule has 0 aliphatic rings. The summed E-state index contributed by atoms with van der Waals surface area (Å²) in [6.45, 7) is 21.1. The molecule has 0 atom stereocenters. The number of carbonyl (C=O) groups is 3. The summed E-state index contributed by atoms with van der Waals surface area (Å²) < 4.78 is 16.6. The molecule has 0 radical (unpaired) electrons. The number of carbonyl (C=O) groups excluding carboxylic acids is 3. The number of aromatic hydroxyl groups is 3. The SMILES string of the molecule is Cc1c(C)c(C)c2cc(C(=O)OC(OC(=O)c3cc4c(C)c(C)c(C)c(C)c4cc3O)OC(=O)c3cc4c(C)c(C)c(C)c(C)c4cc3O)c(O)cc2c1C. The smallest absolute Gasteiger partial charge is 0.413 e. The molecule has 284 valence electrons. The number of phenols is 3. The maximum atomic E-state index is 13.8. The largest absolute Gasteiger partial charge is 0.507 e. The van der Waals surface area contributed by atoms with Crippen molar-refractivity contribution in [3.05, 3.63) is 120 Å². The van der Waals surface area contributed by atoms with Gasteiger partial charge in [0.05, 0.1) is 0 Å². The number of esters is 3. The van der Waals surface area contributed by atoms with Crippen molar-refractivity contribution in [1.82, 2.24) is 0 Å². The van der Waals surface area contributed by atoms with Crippen LogP contribution in [0, 0.1) is 83.1 Å². The Labute approximate surface area is 320 Å². The van der Waals surface area contributed by atoms with Crippen LogP contribution in [-0.2, 0) is 14.2 Å². The fraction of sp³-hybridized carbons (Fsp3) is 0.283. The van der Waals surface area contributed by atoms with Crippen LogP contribution in [0.25, 0.3) is 32.3 Å². The average Bonchev–Trinajstić information content (AvgIpc) is 3.15. The fourth-order valence-electron chi connectivity index (χ4n) is 7.54. The first-order chi connectivity index (χ1) is 25.7. The van der Waals surface area contributed by atoms with E-state index in [1.165, 1.54) is 36.4 Å². The Bertz CT molecular complexity index is 2390. The second-order valence-corrected chi connectivity index (χ2v) is 14.7. The Hall–Kier alpha value is -6.09. The van der Waals surface area contributed by atoms with Gasteiger partial charge < -0.3 is 29.5 Å². The van der Waals surface area contributed by atoms with E-state index in [9.17, 15) is 29.7 Å². The number of fused-ring (bicyclic) bond motifs is 3. The quantitative estimate of drug-likeness (QED) is 0.112. The van der Waals surface area contributed by atoms with Crippen LogP contribution in [0.2, 0.25) is 0 Å². The maximum absolute atomic E-state index is 13.8. The Morgan fingerprint density at radius 1 is 0.345 bits per heavy atom. The van der Waals surface area contributed by atoms with Gasteiger partial charge in [-0.05, 0) is 219 Å². The van der Waals surface area contributed by atoms with E-state index in [2.05, 4.69) is 0 Å². The van der Waals surface area contributed by atoms with Crippen LogP contribution in [0.3, 0.4) is 0 Å². The minimum atomic E-state index is -2.31. The first-order valence-corrected chi connectivity index (χ1v) is 18.1. The van der Waals surface area contributed by atoms with Crippen LogP contribution in [-0.4, -0.2) is 39.7 Å². The highest BCUT2D eigenvalue weighted by molar-refractivity contribution is 6.04. The summed E-state index contributed by atoms with van der Waals surface area (Å²) in [5, 5.41) is 37.5. The molecule has 6 aromatic carbocycles. The molecule has 9 nitrogen and oxygen atoms in total. The van der Waals surface area contributed by atoms with Gasteiger partial charge in [0.15, 0.2) is 0 Å². The van der Waals surface area contributed by atoms with Crippen LogP contribution >= 0.6 is 0 Å². The Morgan fingerprint density at radius 3 is 0.727 bits per heavy atom. The van der Waals surface area contributed by atoms with Gasteiger partial charge in [-0.15, -0.1) is 0 Å². The molecule has 6 rings (SSSR count). The summed E-state index contributed by atoms with van der Waals surface area (Å²) in [4.78, 5) is 41.5. The van der Waals surface area contributed by atoms with Crippen molar-refractivity contribution in [3.63, 3.8) is 0 Å². The zero-order valence-electron chi connectivity index (χ0n) is 33.3. The molecule has 0 amide bonds. The molecular formula is C46H46O9. The molecule has 0 bridgehead atoms. The average molecular weight is 743 g/mol. The molecular weight excluding hydrogens is 696 g/mol. The van der Waals surface area contributed by atoms with Crippen molar-refractivity contribution in [1.29, 1.82) is 0 Å². The van der Waals surface area contributed by atoms with Crippen LogP contribution < -0.4 is 0 Å². The van der Waals surface area contributed by atoms with Crippen molar-refractivity contribution in [3.8, 4) is 17.2 Å². The second-order valence-electron chi connectivity index (χ2n) is 14.7. The van der Waals surface area contributed by atoms with E-state index in [4.69, 9.17) is 14.2 Å². The molecule has 0 spiro atoms. The first-order valence-electron chi connectivity index (χ1n) is 18.1. The van der Waals surface area contributed by atoms with E-state index in [-0.39, 0.29) is 16.7 Å². The van der Waals surface area contributed by atoms with Crippen LogP contribution in [0.1, 0.15) is 97.8 Å². The highest BCUT2D eigenvalue weighted by Crippen LogP contribution is 2.37. The van der Waals surface area contributed by atoms with E-state index >= 15 is 0 Å². The standard InChI is InChI=1S/C46H46O9/c1-19-22(4)28(10)34-16-40(47)37(13-31(34)25(19)7)43(50)53-46(54-44(51)38-14-32-26(8)20(2)23(5)29(11)35(32)17-41(38)48)55-45(52)39-15-33-27(9)21(3)24(6)30(12)36(33)18-42(39)49/h13-18,46-49H,1-12H3. The third-order valence-corrected chi connectivity index (χ3v) is 12.2. The predicted molar refractivity (Wildman–Crippen MR) is 214 cm³/mol. The van der Waals surface area contributed by atoms with E-state index < -0.39 is 41.6 Å². The third-order valence-electron chi connectivity index (χ3n) is 12.2. The number of hydrogen-bond donors (Lipinski definition) is 3. The van der Waals surface area contributed by atoms with Gasteiger partial charge >= 0.3 is 24.4 Å². The molecule has 0 aromatic heterocycles. The summed E-state index contributed by atoms with van der Waals surface area (Å²) in [7, 11) is 0. The molecule has 0 aliphatic carbocycles. The molecule has 0 saturated carbocycles. The lowest BCUT2D eigenvalue weighted by atomic mass is 9.90. The monoisotopic (exact) mass is 742 g/mol. The molecule has 55 heavy (non-hydrogen) atoms. The summed E-state index contributed by atoms with van der Waals surface area (Å²) in [5.74, 6) is -4.64. The van der Waals surface area contributed by atoms with E-state index in [1.54, 1.807) is 0 Å². The highest BCUT2D eigenvalue weighted by atomic mass is 16.9. The van der Waals surface area contributed by atoms with Crippen molar-refractivity contribution in [2.45, 2.75) is 89.6 Å². The minimum absolute atomic E-state index is 0.258. The number of hydrogen-bond acceptors (Lipinski definition) is 9. The minimum Gasteiger partial charge on any atom is -0.507 e. The number of ether oxygens (including phenoxy) is 3. The number of aryl methyl sites for hydroxylation is 6. The third kappa shape index (κ3) is 6.37. The van der Waals surface area contributed by atoms with Gasteiger partial charge in [-0.2, -0.15) is 0 Å². The van der Waals surface area contributed by atoms with E-state index in [0.29, 0.717) is 16.2 Å². The van der Waals surface area contributed by atoms with Gasteiger partial charge in [0, 0.05) is 0 Å². The molecule has 0 unspecified atom stereocenters. The summed E-state index contributed by atoms with van der Waals surface area (Å²) in [6, 6.07) is 8.86. The topological polar surface area (TPSA) is 140 Å². The number of phenolic OH excluding ortho intramolecular Hbond substituents is 3. The lowest BCUT2D eigenvalue weighted by Gasteiger charge is -2.21. The zero-order chi connectivity index (χ0) is 40.5.